The van der Waals surface area contributed by atoms with Gasteiger partial charge in [0.1, 0.15) is 11.6 Å². The zero-order valence-electron chi connectivity index (χ0n) is 18.2. The Morgan fingerprint density at radius 1 is 1.27 bits per heavy atom. The molecule has 1 saturated heterocycles. The Morgan fingerprint density at radius 2 is 2.10 bits per heavy atom. The van der Waals surface area contributed by atoms with Crippen LogP contribution in [0.1, 0.15) is 63.3 Å². The lowest BCUT2D eigenvalue weighted by Gasteiger charge is -2.31. The van der Waals surface area contributed by atoms with Gasteiger partial charge in [-0.1, -0.05) is 38.3 Å². The van der Waals surface area contributed by atoms with E-state index in [1.165, 1.54) is 24.4 Å². The van der Waals surface area contributed by atoms with Crippen LogP contribution in [0.15, 0.2) is 24.3 Å². The van der Waals surface area contributed by atoms with E-state index >= 15 is 0 Å². The minimum absolute atomic E-state index is 0.208. The van der Waals surface area contributed by atoms with Gasteiger partial charge in [0.25, 0.3) is 0 Å². The van der Waals surface area contributed by atoms with Gasteiger partial charge < -0.3 is 15.0 Å². The minimum Gasteiger partial charge on any atom is -0.497 e. The third kappa shape index (κ3) is 6.97. The lowest BCUT2D eigenvalue weighted by Crippen LogP contribution is -2.38. The quantitative estimate of drug-likeness (QED) is 0.534. The fourth-order valence-electron chi connectivity index (χ4n) is 3.80. The molecule has 0 atom stereocenters. The number of carbonyl (C=O) groups is 1. The molecule has 1 aliphatic rings. The van der Waals surface area contributed by atoms with E-state index in [4.69, 9.17) is 9.72 Å². The van der Waals surface area contributed by atoms with Crippen molar-refractivity contribution in [3.05, 3.63) is 35.7 Å². The molecular formula is C23H34N4O2S. The summed E-state index contributed by atoms with van der Waals surface area (Å²) in [4.78, 5) is 19.1. The standard InChI is InChI=1S/C23H34N4O2S/c1-3-4-5-6-10-22(28)24-17-18-11-13-27(14-12-18)23-25-21(26-30-23)16-19-8-7-9-20(15-19)29-2/h7-9,15,18H,3-6,10-14,16-17H2,1-2H3,(H,24,28). The van der Waals surface area contributed by atoms with E-state index in [9.17, 15) is 4.79 Å². The van der Waals surface area contributed by atoms with Gasteiger partial charge in [-0.15, -0.1) is 0 Å². The number of anilines is 1. The first-order valence-electron chi connectivity index (χ1n) is 11.1. The summed E-state index contributed by atoms with van der Waals surface area (Å²) >= 11 is 1.48. The van der Waals surface area contributed by atoms with Gasteiger partial charge >= 0.3 is 0 Å². The molecule has 1 fully saturated rings. The zero-order valence-corrected chi connectivity index (χ0v) is 19.0. The summed E-state index contributed by atoms with van der Waals surface area (Å²) < 4.78 is 9.85. The van der Waals surface area contributed by atoms with E-state index < -0.39 is 0 Å². The van der Waals surface area contributed by atoms with Crippen LogP contribution in [0, 0.1) is 5.92 Å². The normalized spacial score (nSPS) is 14.7. The number of aromatic nitrogens is 2. The highest BCUT2D eigenvalue weighted by atomic mass is 32.1. The summed E-state index contributed by atoms with van der Waals surface area (Å²) in [5.74, 6) is 2.49. The van der Waals surface area contributed by atoms with Crippen LogP contribution in [-0.4, -0.2) is 42.0 Å². The highest BCUT2D eigenvalue weighted by Crippen LogP contribution is 2.25. The molecule has 1 aromatic carbocycles. The van der Waals surface area contributed by atoms with Crippen LogP contribution < -0.4 is 15.0 Å². The van der Waals surface area contributed by atoms with Gasteiger partial charge in [0.15, 0.2) is 0 Å². The molecule has 164 valence electrons. The van der Waals surface area contributed by atoms with Gasteiger partial charge in [0.05, 0.1) is 7.11 Å². The first-order valence-corrected chi connectivity index (χ1v) is 11.9. The first kappa shape index (κ1) is 22.5. The Bertz CT molecular complexity index is 787. The number of benzene rings is 1. The van der Waals surface area contributed by atoms with Gasteiger partial charge in [-0.25, -0.2) is 4.98 Å². The maximum absolute atomic E-state index is 12.0. The van der Waals surface area contributed by atoms with Crippen molar-refractivity contribution in [2.75, 3.05) is 31.6 Å². The molecule has 1 N–H and O–H groups in total. The predicted octanol–water partition coefficient (Wildman–Crippen LogP) is 4.44. The molecule has 6 nitrogen and oxygen atoms in total. The molecule has 1 amide bonds. The van der Waals surface area contributed by atoms with Gasteiger partial charge in [0, 0.05) is 44.0 Å². The summed E-state index contributed by atoms with van der Waals surface area (Å²) in [6, 6.07) is 8.05. The number of carbonyl (C=O) groups excluding carboxylic acids is 1. The molecule has 0 bridgehead atoms. The lowest BCUT2D eigenvalue weighted by molar-refractivity contribution is -0.121. The Kier molecular flexibility index (Phi) is 8.93. The number of nitrogens with zero attached hydrogens (tertiary/aromatic N) is 3. The highest BCUT2D eigenvalue weighted by Gasteiger charge is 2.22. The van der Waals surface area contributed by atoms with Crippen LogP contribution in [0.2, 0.25) is 0 Å². The number of ether oxygens (including phenoxy) is 1. The first-order chi connectivity index (χ1) is 14.7. The zero-order chi connectivity index (χ0) is 21.2. The number of amides is 1. The average Bonchev–Trinajstić information content (AvgIpc) is 3.24. The molecule has 0 unspecified atom stereocenters. The molecule has 1 aliphatic heterocycles. The van der Waals surface area contributed by atoms with Crippen LogP contribution in [0.5, 0.6) is 5.75 Å². The number of methoxy groups -OCH3 is 1. The molecule has 7 heteroatoms. The highest BCUT2D eigenvalue weighted by molar-refractivity contribution is 7.09. The molecule has 30 heavy (non-hydrogen) atoms. The third-order valence-electron chi connectivity index (χ3n) is 5.68. The fourth-order valence-corrected chi connectivity index (χ4v) is 4.53. The number of piperidine rings is 1. The van der Waals surface area contributed by atoms with Crippen LogP contribution in [0.25, 0.3) is 0 Å². The summed E-state index contributed by atoms with van der Waals surface area (Å²) in [6.45, 7) is 4.95. The molecule has 3 rings (SSSR count). The maximum Gasteiger partial charge on any atom is 0.220 e. The van der Waals surface area contributed by atoms with E-state index in [2.05, 4.69) is 27.6 Å². The average molecular weight is 431 g/mol. The summed E-state index contributed by atoms with van der Waals surface area (Å²) in [7, 11) is 1.68. The molecule has 2 aromatic rings. The van der Waals surface area contributed by atoms with Gasteiger partial charge in [-0.3, -0.25) is 4.79 Å². The van der Waals surface area contributed by atoms with Crippen LogP contribution in [0.4, 0.5) is 5.13 Å². The predicted molar refractivity (Wildman–Crippen MR) is 122 cm³/mol. The molecule has 1 aromatic heterocycles. The largest absolute Gasteiger partial charge is 0.497 e. The third-order valence-corrected chi connectivity index (χ3v) is 6.50. The Labute approximate surface area is 184 Å². The number of unbranched alkanes of at least 4 members (excludes halogenated alkanes) is 3. The van der Waals surface area contributed by atoms with Crippen molar-refractivity contribution in [3.63, 3.8) is 0 Å². The fraction of sp³-hybridized carbons (Fsp3) is 0.609. The number of nitrogens with one attached hydrogen (secondary N) is 1. The van der Waals surface area contributed by atoms with Crippen molar-refractivity contribution in [1.29, 1.82) is 0 Å². The smallest absolute Gasteiger partial charge is 0.220 e. The second-order valence-electron chi connectivity index (χ2n) is 8.07. The monoisotopic (exact) mass is 430 g/mol. The van der Waals surface area contributed by atoms with Gasteiger partial charge in [0.2, 0.25) is 11.0 Å². The number of rotatable bonds is 11. The van der Waals surface area contributed by atoms with E-state index in [1.54, 1.807) is 7.11 Å². The van der Waals surface area contributed by atoms with Crippen molar-refractivity contribution in [3.8, 4) is 5.75 Å². The maximum atomic E-state index is 12.0. The van der Waals surface area contributed by atoms with E-state index in [-0.39, 0.29) is 5.91 Å². The van der Waals surface area contributed by atoms with Gasteiger partial charge in [-0.05, 0) is 42.9 Å². The van der Waals surface area contributed by atoms with Crippen molar-refractivity contribution < 1.29 is 9.53 Å². The summed E-state index contributed by atoms with van der Waals surface area (Å²) in [6.07, 6.45) is 8.14. The topological polar surface area (TPSA) is 67.4 Å². The van der Waals surface area contributed by atoms with Crippen LogP contribution in [-0.2, 0) is 11.2 Å². The second-order valence-corrected chi connectivity index (χ2v) is 8.80. The second kappa shape index (κ2) is 11.9. The van der Waals surface area contributed by atoms with Crippen molar-refractivity contribution >= 4 is 22.6 Å². The molecule has 0 aliphatic carbocycles. The summed E-state index contributed by atoms with van der Waals surface area (Å²) in [5, 5.41) is 4.14. The molecule has 0 saturated carbocycles. The summed E-state index contributed by atoms with van der Waals surface area (Å²) in [5.41, 5.74) is 1.16. The number of hydrogen-bond acceptors (Lipinski definition) is 6. The molecule has 2 heterocycles. The van der Waals surface area contributed by atoms with E-state index in [0.717, 1.165) is 67.6 Å². The molecular weight excluding hydrogens is 396 g/mol. The Hall–Kier alpha value is -2.15. The van der Waals surface area contributed by atoms with Crippen molar-refractivity contribution in [1.82, 2.24) is 14.7 Å². The van der Waals surface area contributed by atoms with Crippen molar-refractivity contribution in [2.24, 2.45) is 5.92 Å². The Morgan fingerprint density at radius 3 is 2.87 bits per heavy atom. The SMILES string of the molecule is CCCCCCC(=O)NCC1CCN(c2nc(Cc3cccc(OC)c3)ns2)CC1. The van der Waals surface area contributed by atoms with E-state index in [1.807, 2.05) is 18.2 Å². The minimum atomic E-state index is 0.208. The van der Waals surface area contributed by atoms with Crippen LogP contribution >= 0.6 is 11.5 Å². The Balaban J connectivity index is 1.39. The van der Waals surface area contributed by atoms with Crippen LogP contribution in [0.3, 0.4) is 0 Å². The molecule has 0 radical (unpaired) electrons. The van der Waals surface area contributed by atoms with Crippen molar-refractivity contribution in [2.45, 2.75) is 58.3 Å². The number of hydrogen-bond donors (Lipinski definition) is 1. The van der Waals surface area contributed by atoms with Gasteiger partial charge in [-0.2, -0.15) is 4.37 Å². The lowest BCUT2D eigenvalue weighted by atomic mass is 9.97. The molecule has 0 spiro atoms. The van der Waals surface area contributed by atoms with E-state index in [0.29, 0.717) is 18.8 Å².